The molecule has 7 nitrogen and oxygen atoms in total. The number of nitro groups is 1. The lowest BCUT2D eigenvalue weighted by Gasteiger charge is -2.07. The summed E-state index contributed by atoms with van der Waals surface area (Å²) in [7, 11) is -3.95. The summed E-state index contributed by atoms with van der Waals surface area (Å²) >= 11 is 5.64. The minimum atomic E-state index is -3.95. The van der Waals surface area contributed by atoms with Crippen LogP contribution in [0, 0.1) is 10.1 Å². The van der Waals surface area contributed by atoms with Gasteiger partial charge in [0.2, 0.25) is 10.0 Å². The molecule has 0 heterocycles. The molecule has 1 aromatic rings. The predicted octanol–water partition coefficient (Wildman–Crippen LogP) is 1.95. The molecule has 0 aliphatic rings. The van der Waals surface area contributed by atoms with Gasteiger partial charge < -0.3 is 4.74 Å². The van der Waals surface area contributed by atoms with Gasteiger partial charge in [-0.15, -0.1) is 0 Å². The van der Waals surface area contributed by atoms with Crippen molar-refractivity contribution < 1.29 is 18.1 Å². The van der Waals surface area contributed by atoms with Crippen molar-refractivity contribution in [1.82, 2.24) is 4.72 Å². The van der Waals surface area contributed by atoms with Gasteiger partial charge in [0.1, 0.15) is 0 Å². The van der Waals surface area contributed by atoms with E-state index >= 15 is 0 Å². The minimum Gasteiger partial charge on any atom is -0.382 e. The molecule has 0 bridgehead atoms. The van der Waals surface area contributed by atoms with Crippen LogP contribution in [-0.2, 0) is 14.8 Å². The number of halogens is 1. The van der Waals surface area contributed by atoms with Crippen LogP contribution in [0.15, 0.2) is 23.1 Å². The number of nitrogens with zero attached hydrogens (tertiary/aromatic N) is 1. The Morgan fingerprint density at radius 2 is 2.15 bits per heavy atom. The lowest BCUT2D eigenvalue weighted by molar-refractivity contribution is -0.387. The number of rotatable bonds is 8. The first kappa shape index (κ1) is 16.8. The van der Waals surface area contributed by atoms with E-state index in [-0.39, 0.29) is 11.6 Å². The Labute approximate surface area is 122 Å². The molecule has 112 valence electrons. The van der Waals surface area contributed by atoms with Gasteiger partial charge in [0.25, 0.3) is 5.69 Å². The quantitative estimate of drug-likeness (QED) is 0.448. The molecular formula is C11H15ClN2O5S. The second kappa shape index (κ2) is 7.53. The summed E-state index contributed by atoms with van der Waals surface area (Å²) in [6, 6.07) is 3.42. The fourth-order valence-corrected chi connectivity index (χ4v) is 2.85. The van der Waals surface area contributed by atoms with Crippen molar-refractivity contribution in [2.75, 3.05) is 19.8 Å². The molecule has 20 heavy (non-hydrogen) atoms. The molecule has 0 saturated carbocycles. The summed E-state index contributed by atoms with van der Waals surface area (Å²) in [5.74, 6) is 0. The molecule has 1 N–H and O–H groups in total. The Bertz CT molecular complexity index is 576. The van der Waals surface area contributed by atoms with Crippen LogP contribution in [-0.4, -0.2) is 33.1 Å². The van der Waals surface area contributed by atoms with Crippen molar-refractivity contribution in [2.45, 2.75) is 18.2 Å². The number of benzene rings is 1. The van der Waals surface area contributed by atoms with Crippen LogP contribution in [0.4, 0.5) is 5.69 Å². The third kappa shape index (κ3) is 4.71. The molecule has 0 aliphatic heterocycles. The second-order valence-electron chi connectivity index (χ2n) is 3.82. The topological polar surface area (TPSA) is 98.5 Å². The Kier molecular flexibility index (Phi) is 6.34. The van der Waals surface area contributed by atoms with E-state index in [4.69, 9.17) is 16.3 Å². The number of ether oxygens (including phenoxy) is 1. The van der Waals surface area contributed by atoms with Gasteiger partial charge in [-0.2, -0.15) is 0 Å². The van der Waals surface area contributed by atoms with E-state index in [2.05, 4.69) is 4.72 Å². The van der Waals surface area contributed by atoms with E-state index in [0.29, 0.717) is 19.6 Å². The van der Waals surface area contributed by atoms with Crippen LogP contribution < -0.4 is 4.72 Å². The van der Waals surface area contributed by atoms with Crippen molar-refractivity contribution in [3.63, 3.8) is 0 Å². The molecule has 0 aromatic heterocycles. The fraction of sp³-hybridized carbons (Fsp3) is 0.455. The van der Waals surface area contributed by atoms with Gasteiger partial charge in [-0.1, -0.05) is 11.6 Å². The Hall–Kier alpha value is -1.22. The molecule has 0 aliphatic carbocycles. The van der Waals surface area contributed by atoms with Gasteiger partial charge in [0.15, 0.2) is 4.90 Å². The maximum atomic E-state index is 12.0. The highest BCUT2D eigenvalue weighted by atomic mass is 35.5. The smallest absolute Gasteiger partial charge is 0.290 e. The number of hydrogen-bond acceptors (Lipinski definition) is 5. The Balaban J connectivity index is 2.84. The van der Waals surface area contributed by atoms with Gasteiger partial charge in [-0.05, 0) is 25.5 Å². The highest BCUT2D eigenvalue weighted by molar-refractivity contribution is 7.89. The molecule has 0 atom stereocenters. The predicted molar refractivity (Wildman–Crippen MR) is 74.4 cm³/mol. The van der Waals surface area contributed by atoms with Crippen molar-refractivity contribution in [3.8, 4) is 0 Å². The van der Waals surface area contributed by atoms with Gasteiger partial charge >= 0.3 is 0 Å². The highest BCUT2D eigenvalue weighted by Gasteiger charge is 2.25. The first-order valence-corrected chi connectivity index (χ1v) is 7.76. The zero-order valence-electron chi connectivity index (χ0n) is 10.8. The van der Waals surface area contributed by atoms with Crippen LogP contribution >= 0.6 is 11.6 Å². The molecule has 1 rings (SSSR count). The van der Waals surface area contributed by atoms with Gasteiger partial charge in [0, 0.05) is 30.8 Å². The summed E-state index contributed by atoms with van der Waals surface area (Å²) < 4.78 is 31.4. The van der Waals surface area contributed by atoms with Gasteiger partial charge in [-0.25, -0.2) is 13.1 Å². The maximum Gasteiger partial charge on any atom is 0.290 e. The van der Waals surface area contributed by atoms with Crippen LogP contribution in [0.1, 0.15) is 13.3 Å². The minimum absolute atomic E-state index is 0.104. The number of nitro benzene ring substituents is 1. The average Bonchev–Trinajstić information content (AvgIpc) is 2.38. The SMILES string of the molecule is CCOCCCNS(=O)(=O)c1ccc(Cl)cc1[N+](=O)[O-]. The van der Waals surface area contributed by atoms with Crippen molar-refractivity contribution in [3.05, 3.63) is 33.3 Å². The Morgan fingerprint density at radius 3 is 2.75 bits per heavy atom. The van der Waals surface area contributed by atoms with Gasteiger partial charge in [0.05, 0.1) is 4.92 Å². The largest absolute Gasteiger partial charge is 0.382 e. The zero-order chi connectivity index (χ0) is 15.2. The van der Waals surface area contributed by atoms with E-state index in [9.17, 15) is 18.5 Å². The van der Waals surface area contributed by atoms with E-state index in [1.54, 1.807) is 0 Å². The average molecular weight is 323 g/mol. The number of nitrogens with one attached hydrogen (secondary N) is 1. The van der Waals surface area contributed by atoms with Crippen molar-refractivity contribution in [2.24, 2.45) is 0 Å². The van der Waals surface area contributed by atoms with E-state index in [1.807, 2.05) is 6.92 Å². The van der Waals surface area contributed by atoms with E-state index in [0.717, 1.165) is 12.1 Å². The van der Waals surface area contributed by atoms with Crippen LogP contribution in [0.5, 0.6) is 0 Å². The molecule has 1 aromatic carbocycles. The van der Waals surface area contributed by atoms with Crippen molar-refractivity contribution in [1.29, 1.82) is 0 Å². The second-order valence-corrected chi connectivity index (χ2v) is 5.99. The lowest BCUT2D eigenvalue weighted by atomic mass is 10.3. The third-order valence-corrected chi connectivity index (χ3v) is 4.11. The summed E-state index contributed by atoms with van der Waals surface area (Å²) in [6.45, 7) is 2.94. The number of hydrogen-bond donors (Lipinski definition) is 1. The molecule has 0 fully saturated rings. The highest BCUT2D eigenvalue weighted by Crippen LogP contribution is 2.26. The maximum absolute atomic E-state index is 12.0. The fourth-order valence-electron chi connectivity index (χ4n) is 1.46. The first-order valence-electron chi connectivity index (χ1n) is 5.90. The van der Waals surface area contributed by atoms with Gasteiger partial charge in [-0.3, -0.25) is 10.1 Å². The van der Waals surface area contributed by atoms with Crippen LogP contribution in [0.25, 0.3) is 0 Å². The van der Waals surface area contributed by atoms with E-state index < -0.39 is 25.5 Å². The molecule has 0 amide bonds. The standard InChI is InChI=1S/C11H15ClN2O5S/c1-2-19-7-3-6-13-20(17,18)11-5-4-9(12)8-10(11)14(15)16/h4-5,8,13H,2-3,6-7H2,1H3. The molecule has 0 radical (unpaired) electrons. The lowest BCUT2D eigenvalue weighted by Crippen LogP contribution is -2.26. The molecule has 0 unspecified atom stereocenters. The summed E-state index contributed by atoms with van der Waals surface area (Å²) in [5, 5.41) is 11.0. The zero-order valence-corrected chi connectivity index (χ0v) is 12.4. The molecule has 0 spiro atoms. The molecule has 0 saturated heterocycles. The van der Waals surface area contributed by atoms with Crippen molar-refractivity contribution >= 4 is 27.3 Å². The van der Waals surface area contributed by atoms with Crippen LogP contribution in [0.2, 0.25) is 5.02 Å². The summed E-state index contributed by atoms with van der Waals surface area (Å²) in [4.78, 5) is 9.69. The normalized spacial score (nSPS) is 11.5. The van der Waals surface area contributed by atoms with Crippen LogP contribution in [0.3, 0.4) is 0 Å². The molecular weight excluding hydrogens is 308 g/mol. The summed E-state index contributed by atoms with van der Waals surface area (Å²) in [5.41, 5.74) is -0.546. The Morgan fingerprint density at radius 1 is 1.45 bits per heavy atom. The molecule has 9 heteroatoms. The first-order chi connectivity index (χ1) is 9.38. The monoisotopic (exact) mass is 322 g/mol. The third-order valence-electron chi connectivity index (χ3n) is 2.37. The number of sulfonamides is 1. The summed E-state index contributed by atoms with van der Waals surface area (Å²) in [6.07, 6.45) is 0.481. The van der Waals surface area contributed by atoms with E-state index in [1.165, 1.54) is 6.07 Å².